The van der Waals surface area contributed by atoms with Gasteiger partial charge in [0.15, 0.2) is 0 Å². The molecule has 0 spiro atoms. The lowest BCUT2D eigenvalue weighted by Crippen LogP contribution is -2.39. The van der Waals surface area contributed by atoms with E-state index in [9.17, 15) is 4.79 Å². The highest BCUT2D eigenvalue weighted by atomic mass is 35.5. The van der Waals surface area contributed by atoms with Crippen molar-refractivity contribution in [2.75, 3.05) is 25.9 Å². The van der Waals surface area contributed by atoms with Crippen LogP contribution >= 0.6 is 11.6 Å². The number of rotatable bonds is 3. The Labute approximate surface area is 118 Å². The molecular formula is C14H20ClN3O. The van der Waals surface area contributed by atoms with Gasteiger partial charge in [-0.15, -0.1) is 0 Å². The van der Waals surface area contributed by atoms with E-state index in [0.29, 0.717) is 5.02 Å². The van der Waals surface area contributed by atoms with E-state index in [0.717, 1.165) is 43.7 Å². The molecule has 1 saturated heterocycles. The molecule has 4 nitrogen and oxygen atoms in total. The lowest BCUT2D eigenvalue weighted by molar-refractivity contribution is -0.125. The van der Waals surface area contributed by atoms with E-state index in [1.807, 2.05) is 12.1 Å². The summed E-state index contributed by atoms with van der Waals surface area (Å²) in [5.74, 6) is 0.314. The number of benzene rings is 1. The zero-order chi connectivity index (χ0) is 13.8. The second-order valence-corrected chi connectivity index (χ2v) is 5.44. The molecule has 1 aliphatic rings. The van der Waals surface area contributed by atoms with E-state index in [2.05, 4.69) is 10.2 Å². The Hall–Kier alpha value is -1.26. The molecule has 0 aliphatic carbocycles. The monoisotopic (exact) mass is 281 g/mol. The van der Waals surface area contributed by atoms with Crippen LogP contribution in [0.15, 0.2) is 18.2 Å². The minimum atomic E-state index is 0.156. The Morgan fingerprint density at radius 3 is 2.74 bits per heavy atom. The smallest absolute Gasteiger partial charge is 0.222 e. The van der Waals surface area contributed by atoms with Crippen LogP contribution in [0.5, 0.6) is 0 Å². The molecule has 1 heterocycles. The van der Waals surface area contributed by atoms with Crippen LogP contribution < -0.4 is 11.1 Å². The third-order valence-electron chi connectivity index (χ3n) is 3.71. The molecule has 1 amide bonds. The second kappa shape index (κ2) is 6.26. The number of halogens is 1. The van der Waals surface area contributed by atoms with Gasteiger partial charge in [-0.1, -0.05) is 17.7 Å². The second-order valence-electron chi connectivity index (χ2n) is 5.01. The fourth-order valence-electron chi connectivity index (χ4n) is 2.51. The summed E-state index contributed by atoms with van der Waals surface area (Å²) in [7, 11) is 1.70. The third-order valence-corrected chi connectivity index (χ3v) is 3.94. The number of nitrogens with zero attached hydrogens (tertiary/aromatic N) is 1. The summed E-state index contributed by atoms with van der Waals surface area (Å²) in [6, 6.07) is 5.63. The van der Waals surface area contributed by atoms with Gasteiger partial charge in [0.25, 0.3) is 0 Å². The highest BCUT2D eigenvalue weighted by molar-refractivity contribution is 6.30. The lowest BCUT2D eigenvalue weighted by atomic mass is 9.95. The predicted octanol–water partition coefficient (Wildman–Crippen LogP) is 1.88. The van der Waals surface area contributed by atoms with Crippen molar-refractivity contribution in [2.45, 2.75) is 19.4 Å². The maximum absolute atomic E-state index is 11.6. The average molecular weight is 282 g/mol. The number of nitrogens with two attached hydrogens (primary N) is 1. The minimum absolute atomic E-state index is 0.156. The summed E-state index contributed by atoms with van der Waals surface area (Å²) < 4.78 is 0. The van der Waals surface area contributed by atoms with Crippen molar-refractivity contribution in [3.05, 3.63) is 28.8 Å². The van der Waals surface area contributed by atoms with Crippen molar-refractivity contribution >= 4 is 23.2 Å². The SMILES string of the molecule is CNC(=O)C1CCN(Cc2ccc(Cl)cc2N)CC1. The van der Waals surface area contributed by atoms with Crippen LogP contribution in [0.25, 0.3) is 0 Å². The van der Waals surface area contributed by atoms with E-state index in [1.165, 1.54) is 0 Å². The molecule has 1 fully saturated rings. The molecule has 5 heteroatoms. The van der Waals surface area contributed by atoms with Crippen molar-refractivity contribution in [3.63, 3.8) is 0 Å². The zero-order valence-corrected chi connectivity index (χ0v) is 11.9. The molecule has 1 aromatic rings. The van der Waals surface area contributed by atoms with Crippen LogP contribution in [-0.4, -0.2) is 30.9 Å². The molecule has 104 valence electrons. The van der Waals surface area contributed by atoms with Crippen molar-refractivity contribution < 1.29 is 4.79 Å². The van der Waals surface area contributed by atoms with Gasteiger partial charge in [-0.3, -0.25) is 9.69 Å². The molecule has 1 aliphatic heterocycles. The van der Waals surface area contributed by atoms with Crippen LogP contribution in [0, 0.1) is 5.92 Å². The number of likely N-dealkylation sites (tertiary alicyclic amines) is 1. The van der Waals surface area contributed by atoms with Crippen LogP contribution in [0.3, 0.4) is 0 Å². The Morgan fingerprint density at radius 1 is 1.47 bits per heavy atom. The number of amides is 1. The third kappa shape index (κ3) is 3.61. The van der Waals surface area contributed by atoms with E-state index >= 15 is 0 Å². The molecule has 0 atom stereocenters. The number of carbonyl (C=O) groups excluding carboxylic acids is 1. The quantitative estimate of drug-likeness (QED) is 0.832. The molecule has 0 aromatic heterocycles. The van der Waals surface area contributed by atoms with Gasteiger partial charge < -0.3 is 11.1 Å². The molecule has 1 aromatic carbocycles. The number of hydrogen-bond acceptors (Lipinski definition) is 3. The summed E-state index contributed by atoms with van der Waals surface area (Å²) in [5.41, 5.74) is 7.80. The van der Waals surface area contributed by atoms with Crippen molar-refractivity contribution in [1.29, 1.82) is 0 Å². The molecule has 19 heavy (non-hydrogen) atoms. The predicted molar refractivity (Wildman–Crippen MR) is 77.9 cm³/mol. The number of piperidine rings is 1. The first kappa shape index (κ1) is 14.2. The topological polar surface area (TPSA) is 58.4 Å². The molecule has 0 unspecified atom stereocenters. The van der Waals surface area contributed by atoms with Gasteiger partial charge in [0, 0.05) is 30.2 Å². The summed E-state index contributed by atoms with van der Waals surface area (Å²) in [5, 5.41) is 3.39. The van der Waals surface area contributed by atoms with Gasteiger partial charge in [0.05, 0.1) is 0 Å². The van der Waals surface area contributed by atoms with E-state index in [1.54, 1.807) is 13.1 Å². The lowest BCUT2D eigenvalue weighted by Gasteiger charge is -2.31. The Balaban J connectivity index is 1.90. The van der Waals surface area contributed by atoms with Gasteiger partial charge in [-0.2, -0.15) is 0 Å². The van der Waals surface area contributed by atoms with Crippen LogP contribution in [0.4, 0.5) is 5.69 Å². The first-order valence-corrected chi connectivity index (χ1v) is 6.96. The number of nitrogens with one attached hydrogen (secondary N) is 1. The Morgan fingerprint density at radius 2 is 2.16 bits per heavy atom. The Bertz CT molecular complexity index is 456. The zero-order valence-electron chi connectivity index (χ0n) is 11.2. The fourth-order valence-corrected chi connectivity index (χ4v) is 2.69. The normalized spacial score (nSPS) is 17.4. The fraction of sp³-hybridized carbons (Fsp3) is 0.500. The molecule has 3 N–H and O–H groups in total. The molecule has 0 bridgehead atoms. The van der Waals surface area contributed by atoms with E-state index in [4.69, 9.17) is 17.3 Å². The number of carbonyl (C=O) groups is 1. The number of anilines is 1. The largest absolute Gasteiger partial charge is 0.398 e. The van der Waals surface area contributed by atoms with Crippen molar-refractivity contribution in [1.82, 2.24) is 10.2 Å². The molecule has 2 rings (SSSR count). The van der Waals surface area contributed by atoms with Crippen molar-refractivity contribution in [3.8, 4) is 0 Å². The van der Waals surface area contributed by atoms with Gasteiger partial charge >= 0.3 is 0 Å². The highest BCUT2D eigenvalue weighted by Gasteiger charge is 2.24. The van der Waals surface area contributed by atoms with Gasteiger partial charge in [0.1, 0.15) is 0 Å². The van der Waals surface area contributed by atoms with Gasteiger partial charge in [-0.05, 0) is 43.6 Å². The molecule has 0 radical (unpaired) electrons. The van der Waals surface area contributed by atoms with E-state index in [-0.39, 0.29) is 11.8 Å². The average Bonchev–Trinajstić information content (AvgIpc) is 2.42. The first-order valence-electron chi connectivity index (χ1n) is 6.58. The minimum Gasteiger partial charge on any atom is -0.398 e. The highest BCUT2D eigenvalue weighted by Crippen LogP contribution is 2.23. The van der Waals surface area contributed by atoms with Gasteiger partial charge in [-0.25, -0.2) is 0 Å². The summed E-state index contributed by atoms with van der Waals surface area (Å²) in [6.45, 7) is 2.68. The molecular weight excluding hydrogens is 262 g/mol. The van der Waals surface area contributed by atoms with E-state index < -0.39 is 0 Å². The maximum Gasteiger partial charge on any atom is 0.222 e. The van der Waals surface area contributed by atoms with Crippen molar-refractivity contribution in [2.24, 2.45) is 5.92 Å². The van der Waals surface area contributed by atoms with Crippen LogP contribution in [0.1, 0.15) is 18.4 Å². The summed E-state index contributed by atoms with van der Waals surface area (Å²) in [6.07, 6.45) is 1.82. The summed E-state index contributed by atoms with van der Waals surface area (Å²) in [4.78, 5) is 13.9. The van der Waals surface area contributed by atoms with Gasteiger partial charge in [0.2, 0.25) is 5.91 Å². The number of nitrogen functional groups attached to an aromatic ring is 1. The van der Waals surface area contributed by atoms with Crippen LogP contribution in [0.2, 0.25) is 5.02 Å². The number of hydrogen-bond donors (Lipinski definition) is 2. The van der Waals surface area contributed by atoms with Crippen LogP contribution in [-0.2, 0) is 11.3 Å². The first-order chi connectivity index (χ1) is 9.10. The molecule has 0 saturated carbocycles. The Kier molecular flexibility index (Phi) is 4.66. The standard InChI is InChI=1S/C14H20ClN3O/c1-17-14(19)10-4-6-18(7-5-10)9-11-2-3-12(15)8-13(11)16/h2-3,8,10H,4-7,9,16H2,1H3,(H,17,19). The maximum atomic E-state index is 11.6. The summed E-state index contributed by atoms with van der Waals surface area (Å²) >= 11 is 5.89.